The number of ether oxygens (including phenoxy) is 1. The summed E-state index contributed by atoms with van der Waals surface area (Å²) in [7, 11) is 0. The molecule has 0 unspecified atom stereocenters. The van der Waals surface area contributed by atoms with E-state index >= 15 is 0 Å². The summed E-state index contributed by atoms with van der Waals surface area (Å²) in [4.78, 5) is 10.9. The monoisotopic (exact) mass is 230 g/mol. The molecular formula is C14H14O3. The topological polar surface area (TPSA) is 39.4 Å². The van der Waals surface area contributed by atoms with E-state index in [4.69, 9.17) is 9.15 Å². The molecule has 0 spiro atoms. The molecule has 0 fully saturated rings. The van der Waals surface area contributed by atoms with Gasteiger partial charge in [-0.3, -0.25) is 4.79 Å². The van der Waals surface area contributed by atoms with Crippen LogP contribution in [0, 0.1) is 0 Å². The number of hydrogen-bond donors (Lipinski definition) is 0. The molecule has 0 bridgehead atoms. The second-order valence-electron chi connectivity index (χ2n) is 4.09. The van der Waals surface area contributed by atoms with E-state index in [9.17, 15) is 4.79 Å². The van der Waals surface area contributed by atoms with Gasteiger partial charge in [0, 0.05) is 11.1 Å². The van der Waals surface area contributed by atoms with E-state index in [-0.39, 0.29) is 6.10 Å². The number of carbonyl (C=O) groups excluding carboxylic acids is 1. The second kappa shape index (κ2) is 4.87. The molecule has 0 amide bonds. The highest BCUT2D eigenvalue weighted by Gasteiger charge is 2.06. The van der Waals surface area contributed by atoms with Gasteiger partial charge in [0.25, 0.3) is 0 Å². The molecule has 1 heterocycles. The van der Waals surface area contributed by atoms with Gasteiger partial charge in [0.05, 0.1) is 18.6 Å². The summed E-state index contributed by atoms with van der Waals surface area (Å²) in [5.41, 5.74) is 2.45. The van der Waals surface area contributed by atoms with E-state index in [2.05, 4.69) is 0 Å². The number of benzene rings is 1. The Hall–Kier alpha value is -2.03. The smallest absolute Gasteiger partial charge is 0.150 e. The Balaban J connectivity index is 2.42. The van der Waals surface area contributed by atoms with E-state index in [1.807, 2.05) is 32.0 Å². The molecule has 0 aliphatic heterocycles. The Kier molecular flexibility index (Phi) is 3.28. The van der Waals surface area contributed by atoms with Gasteiger partial charge < -0.3 is 9.15 Å². The van der Waals surface area contributed by atoms with E-state index in [1.165, 1.54) is 0 Å². The number of rotatable bonds is 4. The van der Waals surface area contributed by atoms with Gasteiger partial charge in [-0.25, -0.2) is 0 Å². The van der Waals surface area contributed by atoms with Crippen molar-refractivity contribution >= 4 is 6.29 Å². The molecule has 0 N–H and O–H groups in total. The lowest BCUT2D eigenvalue weighted by atomic mass is 10.1. The maximum Gasteiger partial charge on any atom is 0.150 e. The highest BCUT2D eigenvalue weighted by atomic mass is 16.5. The average Bonchev–Trinajstić information content (AvgIpc) is 2.81. The van der Waals surface area contributed by atoms with Crippen LogP contribution in [-0.2, 0) is 0 Å². The predicted molar refractivity (Wildman–Crippen MR) is 65.3 cm³/mol. The molecule has 0 aliphatic carbocycles. The Labute approximate surface area is 100 Å². The van der Waals surface area contributed by atoms with Gasteiger partial charge in [-0.15, -0.1) is 0 Å². The Morgan fingerprint density at radius 3 is 2.65 bits per heavy atom. The van der Waals surface area contributed by atoms with Crippen molar-refractivity contribution in [3.8, 4) is 16.9 Å². The zero-order valence-corrected chi connectivity index (χ0v) is 9.84. The summed E-state index contributed by atoms with van der Waals surface area (Å²) >= 11 is 0. The fourth-order valence-corrected chi connectivity index (χ4v) is 1.63. The molecule has 2 aromatic rings. The van der Waals surface area contributed by atoms with Crippen LogP contribution in [0.5, 0.6) is 5.75 Å². The van der Waals surface area contributed by atoms with Crippen molar-refractivity contribution in [2.45, 2.75) is 20.0 Å². The summed E-state index contributed by atoms with van der Waals surface area (Å²) in [5.74, 6) is 0.695. The third-order valence-electron chi connectivity index (χ3n) is 2.29. The summed E-state index contributed by atoms with van der Waals surface area (Å²) < 4.78 is 10.6. The molecule has 1 aromatic heterocycles. The number of furan rings is 1. The average molecular weight is 230 g/mol. The van der Waals surface area contributed by atoms with E-state index < -0.39 is 0 Å². The Morgan fingerprint density at radius 2 is 2.06 bits per heavy atom. The lowest BCUT2D eigenvalue weighted by Crippen LogP contribution is -2.05. The van der Waals surface area contributed by atoms with Crippen molar-refractivity contribution in [1.82, 2.24) is 0 Å². The van der Waals surface area contributed by atoms with E-state index in [0.29, 0.717) is 11.3 Å². The van der Waals surface area contributed by atoms with E-state index in [0.717, 1.165) is 17.4 Å². The van der Waals surface area contributed by atoms with Crippen LogP contribution in [0.3, 0.4) is 0 Å². The highest BCUT2D eigenvalue weighted by molar-refractivity contribution is 5.80. The van der Waals surface area contributed by atoms with Crippen molar-refractivity contribution in [3.63, 3.8) is 0 Å². The van der Waals surface area contributed by atoms with Gasteiger partial charge in [0.2, 0.25) is 0 Å². The van der Waals surface area contributed by atoms with Gasteiger partial charge >= 0.3 is 0 Å². The zero-order chi connectivity index (χ0) is 12.3. The molecule has 3 heteroatoms. The van der Waals surface area contributed by atoms with Crippen LogP contribution >= 0.6 is 0 Å². The van der Waals surface area contributed by atoms with Crippen molar-refractivity contribution in [2.24, 2.45) is 0 Å². The van der Waals surface area contributed by atoms with Crippen LogP contribution in [0.2, 0.25) is 0 Å². The first kappa shape index (κ1) is 11.5. The minimum Gasteiger partial charge on any atom is -0.491 e. The van der Waals surface area contributed by atoms with Crippen LogP contribution in [0.25, 0.3) is 11.1 Å². The highest BCUT2D eigenvalue weighted by Crippen LogP contribution is 2.26. The van der Waals surface area contributed by atoms with Crippen LogP contribution in [0.4, 0.5) is 0 Å². The van der Waals surface area contributed by atoms with Crippen LogP contribution < -0.4 is 4.74 Å². The molecular weight excluding hydrogens is 216 g/mol. The molecule has 3 nitrogen and oxygen atoms in total. The first-order valence-corrected chi connectivity index (χ1v) is 5.48. The lowest BCUT2D eigenvalue weighted by molar-refractivity contribution is 0.112. The Morgan fingerprint density at radius 1 is 1.24 bits per heavy atom. The zero-order valence-electron chi connectivity index (χ0n) is 9.84. The van der Waals surface area contributed by atoms with Crippen molar-refractivity contribution in [1.29, 1.82) is 0 Å². The third-order valence-corrected chi connectivity index (χ3v) is 2.29. The predicted octanol–water partition coefficient (Wildman–Crippen LogP) is 3.55. The van der Waals surface area contributed by atoms with Gasteiger partial charge in [-0.1, -0.05) is 0 Å². The first-order valence-electron chi connectivity index (χ1n) is 5.48. The van der Waals surface area contributed by atoms with Gasteiger partial charge in [0.15, 0.2) is 0 Å². The van der Waals surface area contributed by atoms with E-state index in [1.54, 1.807) is 18.6 Å². The molecule has 0 atom stereocenters. The third kappa shape index (κ3) is 2.75. The van der Waals surface area contributed by atoms with Crippen molar-refractivity contribution in [3.05, 3.63) is 42.4 Å². The molecule has 2 rings (SSSR count). The quantitative estimate of drug-likeness (QED) is 0.754. The van der Waals surface area contributed by atoms with Crippen molar-refractivity contribution < 1.29 is 13.9 Å². The second-order valence-corrected chi connectivity index (χ2v) is 4.09. The van der Waals surface area contributed by atoms with Crippen LogP contribution in [0.1, 0.15) is 24.2 Å². The molecule has 0 aliphatic rings. The van der Waals surface area contributed by atoms with Gasteiger partial charge in [-0.05, 0) is 43.7 Å². The summed E-state index contributed by atoms with van der Waals surface area (Å²) in [6.45, 7) is 3.90. The van der Waals surface area contributed by atoms with Crippen LogP contribution in [-0.4, -0.2) is 12.4 Å². The molecule has 0 saturated carbocycles. The standard InChI is InChI=1S/C14H14O3/c1-10(2)17-14-6-11(8-15)5-13(7-14)12-3-4-16-9-12/h3-10H,1-2H3. The molecule has 0 saturated heterocycles. The molecule has 17 heavy (non-hydrogen) atoms. The Bertz CT molecular complexity index is 498. The SMILES string of the molecule is CC(C)Oc1cc(C=O)cc(-c2ccoc2)c1. The summed E-state index contributed by atoms with van der Waals surface area (Å²) in [6, 6.07) is 7.29. The summed E-state index contributed by atoms with van der Waals surface area (Å²) in [5, 5.41) is 0. The molecule has 1 aromatic carbocycles. The number of carbonyl (C=O) groups is 1. The molecule has 0 radical (unpaired) electrons. The number of hydrogen-bond acceptors (Lipinski definition) is 3. The minimum absolute atomic E-state index is 0.0779. The molecule has 88 valence electrons. The van der Waals surface area contributed by atoms with Crippen molar-refractivity contribution in [2.75, 3.05) is 0 Å². The van der Waals surface area contributed by atoms with Gasteiger partial charge in [-0.2, -0.15) is 0 Å². The first-order chi connectivity index (χ1) is 8.19. The number of aldehydes is 1. The van der Waals surface area contributed by atoms with Gasteiger partial charge in [0.1, 0.15) is 12.0 Å². The largest absolute Gasteiger partial charge is 0.491 e. The fourth-order valence-electron chi connectivity index (χ4n) is 1.63. The van der Waals surface area contributed by atoms with Crippen LogP contribution in [0.15, 0.2) is 41.2 Å². The minimum atomic E-state index is 0.0779. The lowest BCUT2D eigenvalue weighted by Gasteiger charge is -2.11. The maximum absolute atomic E-state index is 10.9. The summed E-state index contributed by atoms with van der Waals surface area (Å²) in [6.07, 6.45) is 4.14. The fraction of sp³-hybridized carbons (Fsp3) is 0.214. The maximum atomic E-state index is 10.9. The normalized spacial score (nSPS) is 10.5.